The number of carbonyl (C=O) groups is 1. The molecule has 0 aliphatic carbocycles. The first-order valence-corrected chi connectivity index (χ1v) is 9.44. The SMILES string of the molecule is COc1ccc(OCCCN2C(=O)C(C(C)C)Oc3cc([N+](=O)[O-])ccc32)cc1. The van der Waals surface area contributed by atoms with Crippen LogP contribution in [0, 0.1) is 16.0 Å². The minimum Gasteiger partial charge on any atom is -0.497 e. The summed E-state index contributed by atoms with van der Waals surface area (Å²) in [5.41, 5.74) is 0.477. The van der Waals surface area contributed by atoms with Crippen LogP contribution in [0.25, 0.3) is 0 Å². The lowest BCUT2D eigenvalue weighted by Gasteiger charge is -2.35. The molecular formula is C21H24N2O6. The lowest BCUT2D eigenvalue weighted by atomic mass is 10.0. The Morgan fingerprint density at radius 2 is 1.86 bits per heavy atom. The summed E-state index contributed by atoms with van der Waals surface area (Å²) in [7, 11) is 1.60. The van der Waals surface area contributed by atoms with Crippen LogP contribution in [0.1, 0.15) is 20.3 Å². The molecule has 1 unspecified atom stereocenters. The van der Waals surface area contributed by atoms with Crippen LogP contribution >= 0.6 is 0 Å². The first-order chi connectivity index (χ1) is 13.9. The Kier molecular flexibility index (Phi) is 6.21. The second-order valence-corrected chi connectivity index (χ2v) is 7.06. The van der Waals surface area contributed by atoms with E-state index in [0.717, 1.165) is 11.5 Å². The van der Waals surface area contributed by atoms with Crippen LogP contribution in [0.4, 0.5) is 11.4 Å². The summed E-state index contributed by atoms with van der Waals surface area (Å²) in [6.07, 6.45) is -0.0778. The van der Waals surface area contributed by atoms with E-state index in [1.807, 2.05) is 38.1 Å². The molecule has 1 amide bonds. The number of carbonyl (C=O) groups excluding carboxylic acids is 1. The van der Waals surface area contributed by atoms with Crippen molar-refractivity contribution in [3.8, 4) is 17.2 Å². The van der Waals surface area contributed by atoms with Gasteiger partial charge in [-0.2, -0.15) is 0 Å². The van der Waals surface area contributed by atoms with Crippen LogP contribution in [0.15, 0.2) is 42.5 Å². The average molecular weight is 400 g/mol. The molecule has 0 saturated carbocycles. The van der Waals surface area contributed by atoms with Crippen molar-refractivity contribution in [1.29, 1.82) is 0 Å². The number of nitro groups is 1. The third-order valence-corrected chi connectivity index (χ3v) is 4.67. The topological polar surface area (TPSA) is 91.1 Å². The van der Waals surface area contributed by atoms with E-state index in [1.54, 1.807) is 18.1 Å². The zero-order chi connectivity index (χ0) is 21.0. The molecule has 0 fully saturated rings. The predicted molar refractivity (Wildman–Crippen MR) is 108 cm³/mol. The van der Waals surface area contributed by atoms with Gasteiger partial charge in [0.25, 0.3) is 11.6 Å². The average Bonchev–Trinajstić information content (AvgIpc) is 2.71. The normalized spacial score (nSPS) is 15.7. The van der Waals surface area contributed by atoms with Crippen LogP contribution in [0.2, 0.25) is 0 Å². The summed E-state index contributed by atoms with van der Waals surface area (Å²) in [5.74, 6) is 1.62. The van der Waals surface area contributed by atoms with Gasteiger partial charge in [-0.1, -0.05) is 13.8 Å². The van der Waals surface area contributed by atoms with Crippen molar-refractivity contribution in [1.82, 2.24) is 0 Å². The summed E-state index contributed by atoms with van der Waals surface area (Å²) in [5, 5.41) is 11.1. The van der Waals surface area contributed by atoms with E-state index in [2.05, 4.69) is 0 Å². The highest BCUT2D eigenvalue weighted by molar-refractivity contribution is 6.00. The molecule has 0 N–H and O–H groups in total. The molecule has 8 heteroatoms. The molecule has 0 bridgehead atoms. The first kappa shape index (κ1) is 20.4. The van der Waals surface area contributed by atoms with E-state index in [1.165, 1.54) is 12.1 Å². The van der Waals surface area contributed by atoms with Gasteiger partial charge in [0.1, 0.15) is 11.5 Å². The Balaban J connectivity index is 1.69. The van der Waals surface area contributed by atoms with Gasteiger partial charge in [-0.25, -0.2) is 0 Å². The number of nitrogens with zero attached hydrogens (tertiary/aromatic N) is 2. The zero-order valence-electron chi connectivity index (χ0n) is 16.7. The van der Waals surface area contributed by atoms with Gasteiger partial charge in [0.15, 0.2) is 11.9 Å². The molecule has 1 aliphatic rings. The van der Waals surface area contributed by atoms with E-state index in [4.69, 9.17) is 14.2 Å². The van der Waals surface area contributed by atoms with Crippen LogP contribution in [0.5, 0.6) is 17.2 Å². The predicted octanol–water partition coefficient (Wildman–Crippen LogP) is 3.82. The Morgan fingerprint density at radius 1 is 1.17 bits per heavy atom. The third kappa shape index (κ3) is 4.59. The van der Waals surface area contributed by atoms with Gasteiger partial charge in [-0.05, 0) is 42.7 Å². The van der Waals surface area contributed by atoms with Crippen LogP contribution in [-0.4, -0.2) is 37.2 Å². The Labute approximate surface area is 169 Å². The number of fused-ring (bicyclic) bond motifs is 1. The molecule has 3 rings (SSSR count). The maximum absolute atomic E-state index is 12.9. The van der Waals surface area contributed by atoms with Gasteiger partial charge in [0.2, 0.25) is 0 Å². The number of benzene rings is 2. The smallest absolute Gasteiger partial charge is 0.273 e. The largest absolute Gasteiger partial charge is 0.497 e. The molecule has 0 aromatic heterocycles. The maximum atomic E-state index is 12.9. The van der Waals surface area contributed by atoms with Gasteiger partial charge in [-0.15, -0.1) is 0 Å². The van der Waals surface area contributed by atoms with Crippen molar-refractivity contribution in [2.45, 2.75) is 26.4 Å². The second-order valence-electron chi connectivity index (χ2n) is 7.06. The summed E-state index contributed by atoms with van der Waals surface area (Å²) in [6.45, 7) is 4.61. The van der Waals surface area contributed by atoms with Gasteiger partial charge >= 0.3 is 0 Å². The van der Waals surface area contributed by atoms with Crippen molar-refractivity contribution in [2.24, 2.45) is 5.92 Å². The molecule has 8 nitrogen and oxygen atoms in total. The molecule has 1 aliphatic heterocycles. The first-order valence-electron chi connectivity index (χ1n) is 9.44. The molecule has 2 aromatic carbocycles. The number of nitro benzene ring substituents is 1. The number of amides is 1. The summed E-state index contributed by atoms with van der Waals surface area (Å²) in [6, 6.07) is 11.6. The molecule has 154 valence electrons. The molecule has 1 atom stereocenters. The van der Waals surface area contributed by atoms with Crippen LogP contribution in [-0.2, 0) is 4.79 Å². The standard InChI is InChI=1S/C21H24N2O6/c1-14(2)20-21(24)22(18-10-5-15(23(25)26)13-19(18)29-20)11-4-12-28-17-8-6-16(27-3)7-9-17/h5-10,13-14,20H,4,11-12H2,1-3H3. The minimum atomic E-state index is -0.674. The molecular weight excluding hydrogens is 376 g/mol. The third-order valence-electron chi connectivity index (χ3n) is 4.67. The van der Waals surface area contributed by atoms with Crippen molar-refractivity contribution >= 4 is 17.3 Å². The number of non-ortho nitro benzene ring substituents is 1. The molecule has 0 spiro atoms. The molecule has 1 heterocycles. The molecule has 0 saturated heterocycles. The lowest BCUT2D eigenvalue weighted by molar-refractivity contribution is -0.384. The Morgan fingerprint density at radius 3 is 2.48 bits per heavy atom. The molecule has 2 aromatic rings. The van der Waals surface area contributed by atoms with Crippen molar-refractivity contribution in [3.63, 3.8) is 0 Å². The lowest BCUT2D eigenvalue weighted by Crippen LogP contribution is -2.48. The van der Waals surface area contributed by atoms with E-state index in [9.17, 15) is 14.9 Å². The summed E-state index contributed by atoms with van der Waals surface area (Å²) >= 11 is 0. The fraction of sp³-hybridized carbons (Fsp3) is 0.381. The Bertz CT molecular complexity index is 881. The molecule has 29 heavy (non-hydrogen) atoms. The van der Waals surface area contributed by atoms with Gasteiger partial charge < -0.3 is 19.1 Å². The second kappa shape index (κ2) is 8.81. The van der Waals surface area contributed by atoms with Crippen molar-refractivity contribution in [2.75, 3.05) is 25.2 Å². The van der Waals surface area contributed by atoms with E-state index < -0.39 is 11.0 Å². The summed E-state index contributed by atoms with van der Waals surface area (Å²) in [4.78, 5) is 25.1. The number of hydrogen-bond donors (Lipinski definition) is 0. The molecule has 0 radical (unpaired) electrons. The fourth-order valence-electron chi connectivity index (χ4n) is 3.13. The van der Waals surface area contributed by atoms with E-state index in [0.29, 0.717) is 31.0 Å². The number of ether oxygens (including phenoxy) is 3. The number of methoxy groups -OCH3 is 1. The maximum Gasteiger partial charge on any atom is 0.273 e. The fourth-order valence-corrected chi connectivity index (χ4v) is 3.13. The van der Waals surface area contributed by atoms with Gasteiger partial charge in [-0.3, -0.25) is 14.9 Å². The number of rotatable bonds is 8. The van der Waals surface area contributed by atoms with Crippen molar-refractivity contribution in [3.05, 3.63) is 52.6 Å². The Hall–Kier alpha value is -3.29. The highest BCUT2D eigenvalue weighted by atomic mass is 16.6. The van der Waals surface area contributed by atoms with Gasteiger partial charge in [0, 0.05) is 12.6 Å². The quantitative estimate of drug-likeness (QED) is 0.380. The van der Waals surface area contributed by atoms with Crippen LogP contribution in [0.3, 0.4) is 0 Å². The minimum absolute atomic E-state index is 0.0621. The van der Waals surface area contributed by atoms with E-state index >= 15 is 0 Å². The highest BCUT2D eigenvalue weighted by Crippen LogP contribution is 2.38. The number of anilines is 1. The van der Waals surface area contributed by atoms with Gasteiger partial charge in [0.05, 0.1) is 30.4 Å². The van der Waals surface area contributed by atoms with Crippen molar-refractivity contribution < 1.29 is 23.9 Å². The summed E-state index contributed by atoms with van der Waals surface area (Å²) < 4.78 is 16.6. The van der Waals surface area contributed by atoms with E-state index in [-0.39, 0.29) is 17.5 Å². The highest BCUT2D eigenvalue weighted by Gasteiger charge is 2.36. The number of hydrogen-bond acceptors (Lipinski definition) is 6. The zero-order valence-corrected chi connectivity index (χ0v) is 16.7. The monoisotopic (exact) mass is 400 g/mol. The van der Waals surface area contributed by atoms with Crippen LogP contribution < -0.4 is 19.1 Å².